The monoisotopic (exact) mass is 441 g/mol. The SMILES string of the molecule is NCc1cccc(C2CCN(C(=O)c3cccc4c3-c3ccc([N+](=O)[O-])cc3C4=O)CC2)c1. The molecular weight excluding hydrogens is 418 g/mol. The fourth-order valence-electron chi connectivity index (χ4n) is 4.97. The quantitative estimate of drug-likeness (QED) is 0.376. The largest absolute Gasteiger partial charge is 0.339 e. The first-order chi connectivity index (χ1) is 16.0. The Morgan fingerprint density at radius 1 is 1.00 bits per heavy atom. The molecule has 1 fully saturated rings. The van der Waals surface area contributed by atoms with Crippen molar-refractivity contribution in [1.82, 2.24) is 4.90 Å². The molecule has 7 heteroatoms. The first kappa shape index (κ1) is 21.0. The van der Waals surface area contributed by atoms with Gasteiger partial charge in [0.25, 0.3) is 11.6 Å². The summed E-state index contributed by atoms with van der Waals surface area (Å²) in [4.78, 5) is 38.9. The van der Waals surface area contributed by atoms with Crippen molar-refractivity contribution in [3.05, 3.63) is 98.6 Å². The van der Waals surface area contributed by atoms with Gasteiger partial charge in [0, 0.05) is 54.0 Å². The Bertz CT molecular complexity index is 1290. The highest BCUT2D eigenvalue weighted by Gasteiger charge is 2.34. The number of fused-ring (bicyclic) bond motifs is 3. The van der Waals surface area contributed by atoms with Crippen molar-refractivity contribution in [3.8, 4) is 11.1 Å². The van der Waals surface area contributed by atoms with Crippen LogP contribution < -0.4 is 5.73 Å². The molecule has 7 nitrogen and oxygen atoms in total. The van der Waals surface area contributed by atoms with E-state index in [1.54, 1.807) is 24.3 Å². The summed E-state index contributed by atoms with van der Waals surface area (Å²) in [6.45, 7) is 1.76. The van der Waals surface area contributed by atoms with Crippen molar-refractivity contribution in [1.29, 1.82) is 0 Å². The molecule has 2 aliphatic rings. The molecule has 5 rings (SSSR count). The zero-order chi connectivity index (χ0) is 23.1. The topological polar surface area (TPSA) is 107 Å². The number of nitro benzene ring substituents is 1. The van der Waals surface area contributed by atoms with Crippen LogP contribution in [0.25, 0.3) is 11.1 Å². The summed E-state index contributed by atoms with van der Waals surface area (Å²) in [5.74, 6) is -0.0123. The van der Waals surface area contributed by atoms with E-state index in [9.17, 15) is 19.7 Å². The van der Waals surface area contributed by atoms with E-state index in [0.717, 1.165) is 18.4 Å². The Morgan fingerprint density at radius 3 is 2.48 bits per heavy atom. The van der Waals surface area contributed by atoms with Gasteiger partial charge in [-0.1, -0.05) is 36.4 Å². The number of ketones is 1. The van der Waals surface area contributed by atoms with Crippen molar-refractivity contribution in [2.75, 3.05) is 13.1 Å². The number of likely N-dealkylation sites (tertiary alicyclic amines) is 1. The molecule has 0 radical (unpaired) electrons. The Hall–Kier alpha value is -3.84. The minimum Gasteiger partial charge on any atom is -0.339 e. The van der Waals surface area contributed by atoms with E-state index in [-0.39, 0.29) is 22.9 Å². The second kappa shape index (κ2) is 8.26. The van der Waals surface area contributed by atoms with Crippen LogP contribution in [0.4, 0.5) is 5.69 Å². The van der Waals surface area contributed by atoms with Crippen molar-refractivity contribution in [2.24, 2.45) is 5.73 Å². The van der Waals surface area contributed by atoms with Gasteiger partial charge < -0.3 is 10.6 Å². The minimum absolute atomic E-state index is 0.111. The molecular formula is C26H23N3O4. The van der Waals surface area contributed by atoms with Crippen molar-refractivity contribution in [3.63, 3.8) is 0 Å². The summed E-state index contributed by atoms with van der Waals surface area (Å²) in [7, 11) is 0. The van der Waals surface area contributed by atoms with Crippen LogP contribution >= 0.6 is 0 Å². The number of hydrogen-bond donors (Lipinski definition) is 1. The van der Waals surface area contributed by atoms with Crippen molar-refractivity contribution in [2.45, 2.75) is 25.3 Å². The lowest BCUT2D eigenvalue weighted by atomic mass is 9.88. The van der Waals surface area contributed by atoms with Crippen LogP contribution in [-0.4, -0.2) is 34.6 Å². The summed E-state index contributed by atoms with van der Waals surface area (Å²) < 4.78 is 0. The summed E-state index contributed by atoms with van der Waals surface area (Å²) in [6, 6.07) is 17.7. The van der Waals surface area contributed by atoms with Gasteiger partial charge in [0.1, 0.15) is 0 Å². The molecule has 33 heavy (non-hydrogen) atoms. The van der Waals surface area contributed by atoms with Gasteiger partial charge in [-0.3, -0.25) is 19.7 Å². The van der Waals surface area contributed by atoms with Gasteiger partial charge in [-0.25, -0.2) is 0 Å². The van der Waals surface area contributed by atoms with E-state index in [0.29, 0.717) is 47.8 Å². The smallest absolute Gasteiger partial charge is 0.270 e. The van der Waals surface area contributed by atoms with Gasteiger partial charge in [0.2, 0.25) is 0 Å². The number of benzene rings is 3. The molecule has 1 amide bonds. The minimum atomic E-state index is -0.518. The zero-order valence-electron chi connectivity index (χ0n) is 18.0. The van der Waals surface area contributed by atoms with E-state index >= 15 is 0 Å². The normalized spacial score (nSPS) is 15.3. The summed E-state index contributed by atoms with van der Waals surface area (Å²) in [6.07, 6.45) is 1.72. The molecule has 166 valence electrons. The Balaban J connectivity index is 1.40. The molecule has 0 atom stereocenters. The van der Waals surface area contributed by atoms with E-state index in [2.05, 4.69) is 12.1 Å². The van der Waals surface area contributed by atoms with Crippen LogP contribution in [-0.2, 0) is 6.54 Å². The maximum absolute atomic E-state index is 13.5. The average Bonchev–Trinajstić information content (AvgIpc) is 3.15. The third kappa shape index (κ3) is 3.60. The maximum atomic E-state index is 13.5. The fraction of sp³-hybridized carbons (Fsp3) is 0.231. The molecule has 0 unspecified atom stereocenters. The standard InChI is InChI=1S/C26H23N3O4/c27-15-16-3-1-4-18(13-16)17-9-11-28(12-10-17)26(31)22-6-2-5-21-24(22)20-8-7-19(29(32)33)14-23(20)25(21)30/h1-8,13-14,17H,9-12,15,27H2. The Labute approximate surface area is 191 Å². The van der Waals surface area contributed by atoms with Gasteiger partial charge in [-0.2, -0.15) is 0 Å². The van der Waals surface area contributed by atoms with Gasteiger partial charge in [0.05, 0.1) is 4.92 Å². The van der Waals surface area contributed by atoms with Gasteiger partial charge in [-0.05, 0) is 47.6 Å². The highest BCUT2D eigenvalue weighted by Crippen LogP contribution is 2.41. The number of rotatable bonds is 4. The molecule has 1 aliphatic carbocycles. The third-order valence-corrected chi connectivity index (χ3v) is 6.71. The van der Waals surface area contributed by atoms with Crippen LogP contribution in [0.2, 0.25) is 0 Å². The predicted octanol–water partition coefficient (Wildman–Crippen LogP) is 4.28. The van der Waals surface area contributed by atoms with E-state index < -0.39 is 4.92 Å². The van der Waals surface area contributed by atoms with Crippen LogP contribution in [0.5, 0.6) is 0 Å². The maximum Gasteiger partial charge on any atom is 0.270 e. The third-order valence-electron chi connectivity index (χ3n) is 6.71. The van der Waals surface area contributed by atoms with Crippen LogP contribution in [0.15, 0.2) is 60.7 Å². The number of piperidine rings is 1. The molecule has 0 bridgehead atoms. The predicted molar refractivity (Wildman–Crippen MR) is 124 cm³/mol. The van der Waals surface area contributed by atoms with Crippen molar-refractivity contribution >= 4 is 17.4 Å². The van der Waals surface area contributed by atoms with E-state index in [4.69, 9.17) is 5.73 Å². The lowest BCUT2D eigenvalue weighted by Gasteiger charge is -2.33. The van der Waals surface area contributed by atoms with Gasteiger partial charge >= 0.3 is 0 Å². The number of nitro groups is 1. The first-order valence-corrected chi connectivity index (χ1v) is 11.0. The number of amides is 1. The molecule has 3 aromatic carbocycles. The van der Waals surface area contributed by atoms with Gasteiger partial charge in [-0.15, -0.1) is 0 Å². The summed E-state index contributed by atoms with van der Waals surface area (Å²) >= 11 is 0. The Kier molecular flexibility index (Phi) is 5.26. The summed E-state index contributed by atoms with van der Waals surface area (Å²) in [5, 5.41) is 11.2. The fourth-order valence-corrected chi connectivity index (χ4v) is 4.97. The van der Waals surface area contributed by atoms with Gasteiger partial charge in [0.15, 0.2) is 5.78 Å². The molecule has 1 saturated heterocycles. The Morgan fingerprint density at radius 2 is 1.76 bits per heavy atom. The number of nitrogens with zero attached hydrogens (tertiary/aromatic N) is 2. The molecule has 3 aromatic rings. The van der Waals surface area contributed by atoms with Crippen molar-refractivity contribution < 1.29 is 14.5 Å². The average molecular weight is 441 g/mol. The second-order valence-corrected chi connectivity index (χ2v) is 8.56. The highest BCUT2D eigenvalue weighted by atomic mass is 16.6. The molecule has 0 spiro atoms. The first-order valence-electron chi connectivity index (χ1n) is 11.0. The molecule has 1 aliphatic heterocycles. The van der Waals surface area contributed by atoms with Crippen LogP contribution in [0, 0.1) is 10.1 Å². The molecule has 0 saturated carbocycles. The molecule has 2 N–H and O–H groups in total. The summed E-state index contributed by atoms with van der Waals surface area (Å²) in [5.41, 5.74) is 10.3. The highest BCUT2D eigenvalue weighted by molar-refractivity contribution is 6.24. The zero-order valence-corrected chi connectivity index (χ0v) is 18.0. The van der Waals surface area contributed by atoms with Crippen LogP contribution in [0.3, 0.4) is 0 Å². The number of nitrogens with two attached hydrogens (primary N) is 1. The number of carbonyl (C=O) groups excluding carboxylic acids is 2. The lowest BCUT2D eigenvalue weighted by Crippen LogP contribution is -2.38. The second-order valence-electron chi connectivity index (χ2n) is 8.56. The lowest BCUT2D eigenvalue weighted by molar-refractivity contribution is -0.384. The number of carbonyl (C=O) groups is 2. The van der Waals surface area contributed by atoms with E-state index in [1.807, 2.05) is 17.0 Å². The molecule has 1 heterocycles. The van der Waals surface area contributed by atoms with E-state index in [1.165, 1.54) is 17.7 Å². The van der Waals surface area contributed by atoms with Crippen LogP contribution in [0.1, 0.15) is 56.2 Å². The number of hydrogen-bond acceptors (Lipinski definition) is 5. The number of non-ortho nitro benzene ring substituents is 1. The molecule has 0 aromatic heterocycles.